The third-order valence-corrected chi connectivity index (χ3v) is 4.30. The summed E-state index contributed by atoms with van der Waals surface area (Å²) in [6.45, 7) is 0. The number of halogens is 1. The van der Waals surface area contributed by atoms with Crippen LogP contribution in [0.2, 0.25) is 0 Å². The van der Waals surface area contributed by atoms with E-state index in [0.717, 1.165) is 5.75 Å². The summed E-state index contributed by atoms with van der Waals surface area (Å²) in [5.41, 5.74) is 1.41. The molecule has 0 amide bonds. The van der Waals surface area contributed by atoms with Gasteiger partial charge in [-0.25, -0.2) is 0 Å². The quantitative estimate of drug-likeness (QED) is 0.734. The van der Waals surface area contributed by atoms with Crippen LogP contribution < -0.4 is 4.74 Å². The molecule has 0 radical (unpaired) electrons. The van der Waals surface area contributed by atoms with Crippen molar-refractivity contribution < 1.29 is 4.74 Å². The summed E-state index contributed by atoms with van der Waals surface area (Å²) in [6, 6.07) is 8.48. The topological polar surface area (TPSA) is 9.23 Å². The van der Waals surface area contributed by atoms with Gasteiger partial charge in [-0.05, 0) is 36.5 Å². The van der Waals surface area contributed by atoms with Gasteiger partial charge in [-0.2, -0.15) is 0 Å². The van der Waals surface area contributed by atoms with Gasteiger partial charge in [-0.3, -0.25) is 0 Å². The van der Waals surface area contributed by atoms with Crippen molar-refractivity contribution >= 4 is 15.9 Å². The van der Waals surface area contributed by atoms with Crippen LogP contribution in [-0.4, -0.2) is 11.9 Å². The Morgan fingerprint density at radius 1 is 1.27 bits per heavy atom. The molecule has 2 rings (SSSR count). The molecule has 0 spiro atoms. The Morgan fingerprint density at radius 3 is 2.80 bits per heavy atom. The van der Waals surface area contributed by atoms with Crippen molar-refractivity contribution in [2.75, 3.05) is 7.11 Å². The van der Waals surface area contributed by atoms with Gasteiger partial charge in [0.05, 0.1) is 7.11 Å². The van der Waals surface area contributed by atoms with E-state index in [4.69, 9.17) is 4.74 Å². The number of ether oxygens (including phenoxy) is 1. The molecular weight excluding hydrogens is 252 g/mol. The van der Waals surface area contributed by atoms with Crippen LogP contribution in [0.5, 0.6) is 5.75 Å². The van der Waals surface area contributed by atoms with Crippen molar-refractivity contribution in [1.29, 1.82) is 0 Å². The first kappa shape index (κ1) is 11.0. The van der Waals surface area contributed by atoms with Crippen molar-refractivity contribution in [2.45, 2.75) is 36.4 Å². The van der Waals surface area contributed by atoms with Crippen LogP contribution in [0.25, 0.3) is 0 Å². The molecule has 2 atom stereocenters. The van der Waals surface area contributed by atoms with Crippen molar-refractivity contribution in [1.82, 2.24) is 0 Å². The summed E-state index contributed by atoms with van der Waals surface area (Å²) in [4.78, 5) is 0.637. The van der Waals surface area contributed by atoms with Gasteiger partial charge in [0.25, 0.3) is 0 Å². The van der Waals surface area contributed by atoms with Crippen LogP contribution in [0.15, 0.2) is 24.3 Å². The summed E-state index contributed by atoms with van der Waals surface area (Å²) < 4.78 is 5.27. The molecule has 0 unspecified atom stereocenters. The third-order valence-electron chi connectivity index (χ3n) is 3.20. The van der Waals surface area contributed by atoms with E-state index in [1.54, 1.807) is 7.11 Å². The normalized spacial score (nSPS) is 26.3. The van der Waals surface area contributed by atoms with Gasteiger partial charge in [0, 0.05) is 4.83 Å². The van der Waals surface area contributed by atoms with E-state index >= 15 is 0 Å². The molecule has 1 nitrogen and oxygen atoms in total. The van der Waals surface area contributed by atoms with Crippen molar-refractivity contribution in [3.8, 4) is 5.75 Å². The highest BCUT2D eigenvalue weighted by Crippen LogP contribution is 2.38. The maximum atomic E-state index is 5.27. The zero-order valence-corrected chi connectivity index (χ0v) is 10.7. The van der Waals surface area contributed by atoms with E-state index in [1.165, 1.54) is 31.2 Å². The molecule has 2 heteroatoms. The maximum Gasteiger partial charge on any atom is 0.119 e. The lowest BCUT2D eigenvalue weighted by Gasteiger charge is -2.27. The lowest BCUT2D eigenvalue weighted by Crippen LogP contribution is -2.17. The largest absolute Gasteiger partial charge is 0.497 e. The number of methoxy groups -OCH3 is 1. The predicted molar refractivity (Wildman–Crippen MR) is 66.9 cm³/mol. The first-order chi connectivity index (χ1) is 7.31. The molecule has 15 heavy (non-hydrogen) atoms. The highest BCUT2D eigenvalue weighted by atomic mass is 79.9. The first-order valence-corrected chi connectivity index (χ1v) is 6.51. The van der Waals surface area contributed by atoms with Gasteiger partial charge in [0.2, 0.25) is 0 Å². The van der Waals surface area contributed by atoms with Gasteiger partial charge >= 0.3 is 0 Å². The fourth-order valence-corrected chi connectivity index (χ4v) is 3.23. The highest BCUT2D eigenvalue weighted by Gasteiger charge is 2.24. The average Bonchev–Trinajstić information content (AvgIpc) is 2.30. The van der Waals surface area contributed by atoms with E-state index < -0.39 is 0 Å². The number of hydrogen-bond donors (Lipinski definition) is 0. The Morgan fingerprint density at radius 2 is 2.07 bits per heavy atom. The summed E-state index contributed by atoms with van der Waals surface area (Å²) >= 11 is 3.80. The molecule has 1 aromatic carbocycles. The van der Waals surface area contributed by atoms with Crippen molar-refractivity contribution in [3.63, 3.8) is 0 Å². The van der Waals surface area contributed by atoms with Crippen LogP contribution in [0.1, 0.15) is 37.2 Å². The molecule has 1 aliphatic rings. The number of hydrogen-bond acceptors (Lipinski definition) is 1. The second-order valence-electron chi connectivity index (χ2n) is 4.18. The van der Waals surface area contributed by atoms with E-state index in [-0.39, 0.29) is 0 Å². The van der Waals surface area contributed by atoms with E-state index in [0.29, 0.717) is 10.7 Å². The second-order valence-corrected chi connectivity index (χ2v) is 5.36. The van der Waals surface area contributed by atoms with Crippen LogP contribution in [0, 0.1) is 0 Å². The third kappa shape index (κ3) is 2.54. The molecule has 1 saturated carbocycles. The van der Waals surface area contributed by atoms with E-state index in [1.807, 2.05) is 6.07 Å². The van der Waals surface area contributed by atoms with Crippen LogP contribution in [0.3, 0.4) is 0 Å². The fourth-order valence-electron chi connectivity index (χ4n) is 2.33. The van der Waals surface area contributed by atoms with Gasteiger partial charge in [0.1, 0.15) is 5.75 Å². The second kappa shape index (κ2) is 5.02. The molecule has 0 aromatic heterocycles. The minimum absolute atomic E-state index is 0.637. The highest BCUT2D eigenvalue weighted by molar-refractivity contribution is 9.09. The molecule has 0 saturated heterocycles. The van der Waals surface area contributed by atoms with Gasteiger partial charge in [0.15, 0.2) is 0 Å². The minimum atomic E-state index is 0.637. The summed E-state index contributed by atoms with van der Waals surface area (Å²) in [5.74, 6) is 1.63. The lowest BCUT2D eigenvalue weighted by molar-refractivity contribution is 0.411. The molecule has 1 fully saturated rings. The van der Waals surface area contributed by atoms with Crippen LogP contribution in [0.4, 0.5) is 0 Å². The number of rotatable bonds is 2. The van der Waals surface area contributed by atoms with Crippen LogP contribution >= 0.6 is 15.9 Å². The Kier molecular flexibility index (Phi) is 3.68. The van der Waals surface area contributed by atoms with Crippen molar-refractivity contribution in [3.05, 3.63) is 29.8 Å². The molecule has 1 aromatic rings. The lowest BCUT2D eigenvalue weighted by atomic mass is 9.84. The average molecular weight is 269 g/mol. The monoisotopic (exact) mass is 268 g/mol. The van der Waals surface area contributed by atoms with Crippen molar-refractivity contribution in [2.24, 2.45) is 0 Å². The van der Waals surface area contributed by atoms with Gasteiger partial charge < -0.3 is 4.74 Å². The summed E-state index contributed by atoms with van der Waals surface area (Å²) in [7, 11) is 1.73. The molecule has 0 bridgehead atoms. The summed E-state index contributed by atoms with van der Waals surface area (Å²) in [6.07, 6.45) is 5.30. The summed E-state index contributed by atoms with van der Waals surface area (Å²) in [5, 5.41) is 0. The molecule has 0 aliphatic heterocycles. The number of alkyl halides is 1. The zero-order chi connectivity index (χ0) is 10.7. The molecule has 82 valence electrons. The van der Waals surface area contributed by atoms with Crippen LogP contribution in [-0.2, 0) is 0 Å². The molecule has 0 N–H and O–H groups in total. The number of benzene rings is 1. The Labute approximate surface area is 100.0 Å². The minimum Gasteiger partial charge on any atom is -0.497 e. The van der Waals surface area contributed by atoms with Gasteiger partial charge in [-0.15, -0.1) is 0 Å². The molecule has 0 heterocycles. The smallest absolute Gasteiger partial charge is 0.119 e. The SMILES string of the molecule is COc1cccc([C@@H]2CCCC[C@@H]2Br)c1. The first-order valence-electron chi connectivity index (χ1n) is 5.59. The standard InChI is InChI=1S/C13H17BrO/c1-15-11-6-4-5-10(9-11)12-7-2-3-8-13(12)14/h4-6,9,12-13H,2-3,7-8H2,1H3/t12-,13-/m0/s1. The van der Waals surface area contributed by atoms with E-state index in [2.05, 4.69) is 34.1 Å². The fraction of sp³-hybridized carbons (Fsp3) is 0.538. The van der Waals surface area contributed by atoms with E-state index in [9.17, 15) is 0 Å². The Bertz CT molecular complexity index is 324. The predicted octanol–water partition coefficient (Wildman–Crippen LogP) is 4.12. The zero-order valence-electron chi connectivity index (χ0n) is 9.08. The molecule has 1 aliphatic carbocycles. The molecular formula is C13H17BrO. The Hall–Kier alpha value is -0.500. The Balaban J connectivity index is 2.19. The van der Waals surface area contributed by atoms with Gasteiger partial charge in [-0.1, -0.05) is 40.9 Å². The maximum absolute atomic E-state index is 5.27.